The maximum Gasteiger partial charge on any atom is 0.416 e. The molecule has 0 bridgehead atoms. The summed E-state index contributed by atoms with van der Waals surface area (Å²) in [4.78, 5) is 8.19. The predicted molar refractivity (Wildman–Crippen MR) is 61.9 cm³/mol. The normalized spacial score (nSPS) is 13.8. The lowest BCUT2D eigenvalue weighted by Crippen LogP contribution is -2.19. The third kappa shape index (κ3) is 2.76. The van der Waals surface area contributed by atoms with E-state index in [1.54, 1.807) is 0 Å². The molecule has 0 spiro atoms. The third-order valence-corrected chi connectivity index (χ3v) is 2.46. The van der Waals surface area contributed by atoms with Crippen LogP contribution in [0.1, 0.15) is 18.3 Å². The van der Waals surface area contributed by atoms with Gasteiger partial charge in [-0.1, -0.05) is 0 Å². The highest BCUT2D eigenvalue weighted by molar-refractivity contribution is 5.78. The van der Waals surface area contributed by atoms with E-state index in [0.717, 1.165) is 12.1 Å². The van der Waals surface area contributed by atoms with Crippen LogP contribution in [0.3, 0.4) is 0 Å². The maximum absolute atomic E-state index is 12.5. The van der Waals surface area contributed by atoms with Gasteiger partial charge in [-0.2, -0.15) is 13.2 Å². The Hall–Kier alpha value is -1.69. The van der Waals surface area contributed by atoms with Crippen molar-refractivity contribution in [1.82, 2.24) is 9.97 Å². The van der Waals surface area contributed by atoms with Crippen LogP contribution in [0.4, 0.5) is 13.2 Å². The molecule has 0 fully saturated rings. The number of benzene rings is 1. The van der Waals surface area contributed by atoms with Gasteiger partial charge in [-0.25, -0.2) is 9.97 Å². The van der Waals surface area contributed by atoms with E-state index in [1.807, 2.05) is 6.92 Å². The Bertz CT molecular complexity index is 564. The SMILES string of the molecule is CC(N)Cc1ncc2cc(C(F)(F)F)ccc2n1. The van der Waals surface area contributed by atoms with Crippen molar-refractivity contribution < 1.29 is 13.2 Å². The lowest BCUT2D eigenvalue weighted by molar-refractivity contribution is -0.137. The van der Waals surface area contributed by atoms with E-state index in [-0.39, 0.29) is 6.04 Å². The summed E-state index contributed by atoms with van der Waals surface area (Å²) < 4.78 is 37.5. The summed E-state index contributed by atoms with van der Waals surface area (Å²) in [6.07, 6.45) is -2.45. The quantitative estimate of drug-likeness (QED) is 0.897. The van der Waals surface area contributed by atoms with Gasteiger partial charge in [0.05, 0.1) is 11.1 Å². The fraction of sp³-hybridized carbons (Fsp3) is 0.333. The summed E-state index contributed by atoms with van der Waals surface area (Å²) in [7, 11) is 0. The first kappa shape index (κ1) is 12.8. The highest BCUT2D eigenvalue weighted by Gasteiger charge is 2.30. The Labute approximate surface area is 102 Å². The zero-order chi connectivity index (χ0) is 13.3. The lowest BCUT2D eigenvalue weighted by atomic mass is 10.1. The van der Waals surface area contributed by atoms with Gasteiger partial charge in [0.1, 0.15) is 5.82 Å². The molecular weight excluding hydrogens is 243 g/mol. The molecule has 0 radical (unpaired) electrons. The molecule has 0 aliphatic rings. The van der Waals surface area contributed by atoms with Crippen LogP contribution >= 0.6 is 0 Å². The Morgan fingerprint density at radius 3 is 2.67 bits per heavy atom. The number of aromatic nitrogens is 2. The van der Waals surface area contributed by atoms with Gasteiger partial charge < -0.3 is 5.73 Å². The lowest BCUT2D eigenvalue weighted by Gasteiger charge is -2.08. The van der Waals surface area contributed by atoms with E-state index in [4.69, 9.17) is 5.73 Å². The molecule has 6 heteroatoms. The van der Waals surface area contributed by atoms with Gasteiger partial charge in [-0.3, -0.25) is 0 Å². The molecule has 2 aromatic rings. The molecule has 1 atom stereocenters. The standard InChI is InChI=1S/C12H12F3N3/c1-7(16)4-11-17-6-8-5-9(12(13,14)15)2-3-10(8)18-11/h2-3,5-7H,4,16H2,1H3. The first-order valence-corrected chi connectivity index (χ1v) is 5.45. The summed E-state index contributed by atoms with van der Waals surface area (Å²) in [6, 6.07) is 3.33. The van der Waals surface area contributed by atoms with Crippen molar-refractivity contribution >= 4 is 10.9 Å². The van der Waals surface area contributed by atoms with Gasteiger partial charge in [-0.15, -0.1) is 0 Å². The monoisotopic (exact) mass is 255 g/mol. The van der Waals surface area contributed by atoms with Gasteiger partial charge in [0.2, 0.25) is 0 Å². The molecule has 1 aromatic heterocycles. The van der Waals surface area contributed by atoms with Crippen molar-refractivity contribution in [2.45, 2.75) is 25.6 Å². The number of alkyl halides is 3. The highest BCUT2D eigenvalue weighted by Crippen LogP contribution is 2.30. The first-order chi connectivity index (χ1) is 8.36. The Morgan fingerprint density at radius 1 is 1.33 bits per heavy atom. The third-order valence-electron chi connectivity index (χ3n) is 2.46. The van der Waals surface area contributed by atoms with Gasteiger partial charge in [-0.05, 0) is 25.1 Å². The summed E-state index contributed by atoms with van der Waals surface area (Å²) >= 11 is 0. The largest absolute Gasteiger partial charge is 0.416 e. The molecule has 18 heavy (non-hydrogen) atoms. The van der Waals surface area contributed by atoms with Gasteiger partial charge in [0.15, 0.2) is 0 Å². The van der Waals surface area contributed by atoms with Crippen LogP contribution in [0.15, 0.2) is 24.4 Å². The summed E-state index contributed by atoms with van der Waals surface area (Å²) in [5.74, 6) is 0.539. The molecule has 0 saturated carbocycles. The molecule has 0 saturated heterocycles. The van der Waals surface area contributed by atoms with Gasteiger partial charge >= 0.3 is 6.18 Å². The Morgan fingerprint density at radius 2 is 2.06 bits per heavy atom. The van der Waals surface area contributed by atoms with E-state index in [2.05, 4.69) is 9.97 Å². The molecule has 0 aliphatic carbocycles. The van der Waals surface area contributed by atoms with Crippen LogP contribution < -0.4 is 5.73 Å². The molecule has 0 aliphatic heterocycles. The number of nitrogens with zero attached hydrogens (tertiary/aromatic N) is 2. The van der Waals surface area contributed by atoms with E-state index in [0.29, 0.717) is 23.1 Å². The predicted octanol–water partition coefficient (Wildman–Crippen LogP) is 2.54. The average molecular weight is 255 g/mol. The number of nitrogens with two attached hydrogens (primary N) is 1. The van der Waals surface area contributed by atoms with Gasteiger partial charge in [0.25, 0.3) is 0 Å². The zero-order valence-electron chi connectivity index (χ0n) is 9.70. The molecule has 3 nitrogen and oxygen atoms in total. The number of halogens is 3. The number of hydrogen-bond donors (Lipinski definition) is 1. The molecular formula is C12H12F3N3. The van der Waals surface area contributed by atoms with Crippen LogP contribution in [-0.2, 0) is 12.6 Å². The Kier molecular flexibility index (Phi) is 3.21. The maximum atomic E-state index is 12.5. The molecule has 2 rings (SSSR count). The van der Waals surface area contributed by atoms with Crippen LogP contribution in [0.25, 0.3) is 10.9 Å². The highest BCUT2D eigenvalue weighted by atomic mass is 19.4. The van der Waals surface area contributed by atoms with Crippen molar-refractivity contribution in [2.24, 2.45) is 5.73 Å². The van der Waals surface area contributed by atoms with Crippen molar-refractivity contribution in [3.63, 3.8) is 0 Å². The molecule has 1 aromatic carbocycles. The fourth-order valence-electron chi connectivity index (χ4n) is 1.63. The average Bonchev–Trinajstić information content (AvgIpc) is 2.26. The van der Waals surface area contributed by atoms with Crippen molar-refractivity contribution in [1.29, 1.82) is 0 Å². The van der Waals surface area contributed by atoms with E-state index >= 15 is 0 Å². The number of fused-ring (bicyclic) bond motifs is 1. The Balaban J connectivity index is 2.42. The van der Waals surface area contributed by atoms with Crippen molar-refractivity contribution in [3.8, 4) is 0 Å². The number of hydrogen-bond acceptors (Lipinski definition) is 3. The minimum Gasteiger partial charge on any atom is -0.328 e. The smallest absolute Gasteiger partial charge is 0.328 e. The van der Waals surface area contributed by atoms with Gasteiger partial charge in [0, 0.05) is 24.0 Å². The molecule has 2 N–H and O–H groups in total. The van der Waals surface area contributed by atoms with Crippen LogP contribution in [0.2, 0.25) is 0 Å². The second-order valence-electron chi connectivity index (χ2n) is 4.24. The molecule has 1 unspecified atom stereocenters. The van der Waals surface area contributed by atoms with E-state index in [9.17, 15) is 13.2 Å². The summed E-state index contributed by atoms with van der Waals surface area (Å²) in [5, 5.41) is 0.373. The fourth-order valence-corrected chi connectivity index (χ4v) is 1.63. The first-order valence-electron chi connectivity index (χ1n) is 5.45. The van der Waals surface area contributed by atoms with Crippen LogP contribution in [0, 0.1) is 0 Å². The minimum absolute atomic E-state index is 0.0862. The topological polar surface area (TPSA) is 51.8 Å². The van der Waals surface area contributed by atoms with E-state index in [1.165, 1.54) is 12.3 Å². The number of rotatable bonds is 2. The molecule has 1 heterocycles. The summed E-state index contributed by atoms with van der Waals surface area (Å²) in [6.45, 7) is 1.82. The summed E-state index contributed by atoms with van der Waals surface area (Å²) in [5.41, 5.74) is 5.42. The second kappa shape index (κ2) is 4.53. The minimum atomic E-state index is -4.35. The van der Waals surface area contributed by atoms with E-state index < -0.39 is 11.7 Å². The van der Waals surface area contributed by atoms with Crippen molar-refractivity contribution in [2.75, 3.05) is 0 Å². The van der Waals surface area contributed by atoms with Crippen LogP contribution in [-0.4, -0.2) is 16.0 Å². The zero-order valence-corrected chi connectivity index (χ0v) is 9.70. The second-order valence-corrected chi connectivity index (χ2v) is 4.24. The van der Waals surface area contributed by atoms with Crippen molar-refractivity contribution in [3.05, 3.63) is 35.8 Å². The van der Waals surface area contributed by atoms with Crippen LogP contribution in [0.5, 0.6) is 0 Å². The molecule has 0 amide bonds. The molecule has 96 valence electrons.